The molecular formula is C4H9IN2O2S. The van der Waals surface area contributed by atoms with Gasteiger partial charge in [-0.1, -0.05) is 0 Å². The van der Waals surface area contributed by atoms with E-state index in [0.29, 0.717) is 0 Å². The minimum absolute atomic E-state index is 0.0121. The minimum Gasteiger partial charge on any atom is -0.221 e. The lowest BCUT2D eigenvalue weighted by Gasteiger charge is -2.04. The van der Waals surface area contributed by atoms with Crippen molar-refractivity contribution in [2.75, 3.05) is 6.54 Å². The Balaban J connectivity index is 2.46. The molecule has 0 saturated carbocycles. The zero-order valence-corrected chi connectivity index (χ0v) is 8.73. The third kappa shape index (κ3) is 2.33. The summed E-state index contributed by atoms with van der Waals surface area (Å²) >= 11 is 1.37. The number of nitrogens with zero attached hydrogens (tertiary/aromatic N) is 1. The molecular weight excluding hydrogens is 267 g/mol. The molecule has 1 atom stereocenters. The Hall–Kier alpha value is 0.600. The van der Waals surface area contributed by atoms with Crippen LogP contribution in [-0.2, 0) is 7.19 Å². The van der Waals surface area contributed by atoms with E-state index in [4.69, 9.17) is 0 Å². The third-order valence-electron chi connectivity index (χ3n) is 1.39. The average molecular weight is 276 g/mol. The fraction of sp³-hybridized carbons (Fsp3) is 1.00. The van der Waals surface area contributed by atoms with Crippen LogP contribution in [0.3, 0.4) is 0 Å². The van der Waals surface area contributed by atoms with E-state index in [1.54, 1.807) is 5.01 Å². The van der Waals surface area contributed by atoms with E-state index in [1.165, 1.54) is 21.2 Å². The summed E-state index contributed by atoms with van der Waals surface area (Å²) in [4.78, 5) is 2.38. The maximum atomic E-state index is 10.6. The van der Waals surface area contributed by atoms with Gasteiger partial charge in [-0.2, -0.15) is 0 Å². The molecule has 0 bridgehead atoms. The minimum atomic E-state index is -3.09. The zero-order valence-electron chi connectivity index (χ0n) is 5.76. The van der Waals surface area contributed by atoms with Crippen molar-refractivity contribution in [1.82, 2.24) is 9.84 Å². The molecule has 10 heavy (non-hydrogen) atoms. The van der Waals surface area contributed by atoms with E-state index in [-0.39, 0.29) is 5.54 Å². The largest absolute Gasteiger partial charge is 0.277 e. The van der Waals surface area contributed by atoms with Crippen molar-refractivity contribution in [1.29, 1.82) is 0 Å². The quantitative estimate of drug-likeness (QED) is 0.447. The highest BCUT2D eigenvalue weighted by Crippen LogP contribution is 2.28. The number of hydrogen-bond acceptors (Lipinski definition) is 3. The van der Waals surface area contributed by atoms with Gasteiger partial charge in [-0.25, -0.2) is 13.4 Å². The van der Waals surface area contributed by atoms with E-state index in [1.807, 2.05) is 13.8 Å². The topological polar surface area (TPSA) is 49.2 Å². The first kappa shape index (κ1) is 8.69. The average Bonchev–Trinajstić information content (AvgIpc) is 2.05. The van der Waals surface area contributed by atoms with E-state index in [2.05, 4.69) is 4.83 Å². The van der Waals surface area contributed by atoms with Gasteiger partial charge in [0.05, 0.1) is 21.2 Å². The van der Waals surface area contributed by atoms with Crippen molar-refractivity contribution in [2.24, 2.45) is 0 Å². The molecule has 1 aliphatic heterocycles. The summed E-state index contributed by atoms with van der Waals surface area (Å²) < 4.78 is 21.2. The lowest BCUT2D eigenvalue weighted by molar-refractivity contribution is 0.409. The zero-order chi connectivity index (χ0) is 7.99. The smallest absolute Gasteiger partial charge is 0.221 e. The van der Waals surface area contributed by atoms with Gasteiger partial charge in [0.1, 0.15) is 0 Å². The summed E-state index contributed by atoms with van der Waals surface area (Å²) in [5.41, 5.74) is 0.0121. The van der Waals surface area contributed by atoms with Gasteiger partial charge in [-0.15, -0.1) is 4.83 Å². The fourth-order valence-electron chi connectivity index (χ4n) is 0.639. The van der Waals surface area contributed by atoms with Crippen LogP contribution in [0.5, 0.6) is 0 Å². The number of hydrazine groups is 1. The molecule has 1 heterocycles. The Morgan fingerprint density at radius 3 is 2.10 bits per heavy atom. The molecule has 60 valence electrons. The van der Waals surface area contributed by atoms with Crippen molar-refractivity contribution in [2.45, 2.75) is 19.4 Å². The van der Waals surface area contributed by atoms with Gasteiger partial charge in [-0.3, -0.25) is 0 Å². The fourth-order valence-corrected chi connectivity index (χ4v) is 1.93. The summed E-state index contributed by atoms with van der Waals surface area (Å²) in [5, 5.41) is 1.68. The summed E-state index contributed by atoms with van der Waals surface area (Å²) in [6.45, 7) is 4.73. The number of hydrogen-bond donors (Lipinski definition) is 1. The van der Waals surface area contributed by atoms with E-state index in [9.17, 15) is 8.42 Å². The number of rotatable bonds is 2. The first-order chi connectivity index (χ1) is 4.31. The normalized spacial score (nSPS) is 30.1. The van der Waals surface area contributed by atoms with Crippen LogP contribution in [0.1, 0.15) is 13.8 Å². The van der Waals surface area contributed by atoms with Crippen molar-refractivity contribution in [3.8, 4) is 0 Å². The highest BCUT2D eigenvalue weighted by atomic mass is 127. The van der Waals surface area contributed by atoms with Crippen LogP contribution in [-0.4, -0.2) is 25.5 Å². The number of nitrogens with one attached hydrogen (secondary N) is 1. The molecule has 0 aromatic heterocycles. The first-order valence-electron chi connectivity index (χ1n) is 2.81. The standard InChI is InChI=1S/C4H9IN2O2S/c1-4(2)3-7(4)6-10(5,8)9/h6H,3H2,1-2H3. The molecule has 1 unspecified atom stereocenters. The predicted octanol–water partition coefficient (Wildman–Crippen LogP) is 0.265. The van der Waals surface area contributed by atoms with Gasteiger partial charge < -0.3 is 0 Å². The molecule has 1 fully saturated rings. The lowest BCUT2D eigenvalue weighted by Crippen LogP contribution is -2.28. The molecule has 1 saturated heterocycles. The summed E-state index contributed by atoms with van der Waals surface area (Å²) in [7, 11) is -3.09. The van der Waals surface area contributed by atoms with Crippen LogP contribution in [0.15, 0.2) is 0 Å². The van der Waals surface area contributed by atoms with Crippen LogP contribution >= 0.6 is 21.2 Å². The van der Waals surface area contributed by atoms with Gasteiger partial charge in [0.25, 0.3) is 7.19 Å². The van der Waals surface area contributed by atoms with Crippen molar-refractivity contribution >= 4 is 28.4 Å². The molecule has 0 aromatic carbocycles. The van der Waals surface area contributed by atoms with Crippen LogP contribution in [0.25, 0.3) is 0 Å². The second-order valence-corrected chi connectivity index (χ2v) is 7.46. The van der Waals surface area contributed by atoms with Crippen molar-refractivity contribution in [3.05, 3.63) is 0 Å². The molecule has 1 aliphatic rings. The van der Waals surface area contributed by atoms with E-state index < -0.39 is 7.19 Å². The molecule has 0 radical (unpaired) electrons. The summed E-state index contributed by atoms with van der Waals surface area (Å²) in [6.07, 6.45) is 0. The third-order valence-corrected chi connectivity index (χ3v) is 2.42. The van der Waals surface area contributed by atoms with Gasteiger partial charge in [0, 0.05) is 12.1 Å². The summed E-state index contributed by atoms with van der Waals surface area (Å²) in [5.74, 6) is 0. The second kappa shape index (κ2) is 2.29. The Morgan fingerprint density at radius 1 is 1.60 bits per heavy atom. The van der Waals surface area contributed by atoms with Crippen molar-refractivity contribution in [3.63, 3.8) is 0 Å². The van der Waals surface area contributed by atoms with Gasteiger partial charge in [0.15, 0.2) is 0 Å². The Kier molecular flexibility index (Phi) is 1.99. The molecule has 0 aromatic rings. The number of halogens is 1. The Bertz CT molecular complexity index is 236. The lowest BCUT2D eigenvalue weighted by atomic mass is 10.2. The Labute approximate surface area is 72.6 Å². The molecule has 4 nitrogen and oxygen atoms in total. The summed E-state index contributed by atoms with van der Waals surface area (Å²) in [6, 6.07) is 0. The van der Waals surface area contributed by atoms with Crippen LogP contribution in [0, 0.1) is 0 Å². The highest BCUT2D eigenvalue weighted by Gasteiger charge is 2.44. The van der Waals surface area contributed by atoms with Crippen LogP contribution in [0.4, 0.5) is 0 Å². The maximum absolute atomic E-state index is 10.6. The van der Waals surface area contributed by atoms with E-state index in [0.717, 1.165) is 6.54 Å². The van der Waals surface area contributed by atoms with Crippen molar-refractivity contribution < 1.29 is 8.42 Å². The maximum Gasteiger partial charge on any atom is 0.277 e. The van der Waals surface area contributed by atoms with Crippen LogP contribution < -0.4 is 4.83 Å². The molecule has 0 spiro atoms. The van der Waals surface area contributed by atoms with Gasteiger partial charge in [-0.05, 0) is 13.8 Å². The molecule has 0 amide bonds. The van der Waals surface area contributed by atoms with E-state index >= 15 is 0 Å². The second-order valence-electron chi connectivity index (χ2n) is 2.93. The highest BCUT2D eigenvalue weighted by molar-refractivity contribution is 14.2. The molecule has 0 aliphatic carbocycles. The Morgan fingerprint density at radius 2 is 2.00 bits per heavy atom. The predicted molar refractivity (Wildman–Crippen MR) is 46.9 cm³/mol. The SMILES string of the molecule is CC1(C)CN1NS(=O)(=O)I. The van der Waals surface area contributed by atoms with Gasteiger partial charge >= 0.3 is 0 Å². The first-order valence-corrected chi connectivity index (χ1v) is 6.83. The monoisotopic (exact) mass is 276 g/mol. The van der Waals surface area contributed by atoms with Crippen LogP contribution in [0.2, 0.25) is 0 Å². The molecule has 6 heteroatoms. The van der Waals surface area contributed by atoms with Gasteiger partial charge in [0.2, 0.25) is 0 Å². The molecule has 1 N–H and O–H groups in total. The molecule has 1 rings (SSSR count).